The van der Waals surface area contributed by atoms with Crippen LogP contribution in [0.25, 0.3) is 0 Å². The van der Waals surface area contributed by atoms with Crippen molar-refractivity contribution in [3.63, 3.8) is 0 Å². The number of amides is 2. The summed E-state index contributed by atoms with van der Waals surface area (Å²) in [6, 6.07) is 7.30. The molecule has 23 heavy (non-hydrogen) atoms. The Balaban J connectivity index is 2.07. The Morgan fingerprint density at radius 1 is 1.52 bits per heavy atom. The van der Waals surface area contributed by atoms with E-state index in [-0.39, 0.29) is 12.3 Å². The lowest BCUT2D eigenvalue weighted by molar-refractivity contribution is -0.145. The van der Waals surface area contributed by atoms with Crippen LogP contribution in [-0.2, 0) is 25.5 Å². The second-order valence-corrected chi connectivity index (χ2v) is 5.26. The van der Waals surface area contributed by atoms with Crippen LogP contribution in [0.4, 0.5) is 0 Å². The highest BCUT2D eigenvalue weighted by atomic mass is 16.5. The van der Waals surface area contributed by atoms with Crippen molar-refractivity contribution >= 4 is 17.8 Å². The smallest absolute Gasteiger partial charge is 0.328 e. The fraction of sp³-hybridized carbons (Fsp3) is 0.375. The Bertz CT molecular complexity index is 666. The Morgan fingerprint density at radius 2 is 2.30 bits per heavy atom. The van der Waals surface area contributed by atoms with Gasteiger partial charge in [-0.3, -0.25) is 9.59 Å². The van der Waals surface area contributed by atoms with Gasteiger partial charge in [0.25, 0.3) is 0 Å². The number of nitrogens with zero attached hydrogens (tertiary/aromatic N) is 1. The average molecular weight is 315 g/mol. The maximum absolute atomic E-state index is 12.1. The van der Waals surface area contributed by atoms with Gasteiger partial charge in [0.2, 0.25) is 11.8 Å². The Kier molecular flexibility index (Phi) is 5.31. The summed E-state index contributed by atoms with van der Waals surface area (Å²) >= 11 is 0. The van der Waals surface area contributed by atoms with Crippen molar-refractivity contribution in [3.8, 4) is 6.07 Å². The highest BCUT2D eigenvalue weighted by Gasteiger charge is 2.30. The van der Waals surface area contributed by atoms with Gasteiger partial charge in [-0.15, -0.1) is 0 Å². The van der Waals surface area contributed by atoms with Crippen LogP contribution in [0.1, 0.15) is 24.0 Å². The number of benzene rings is 1. The normalized spacial score (nSPS) is 17.7. The SMILES string of the molecule is COC(=O)[C@H](Cc1cccc(C#N)c1)NC(=O)[C@@H]1CCC(=O)N1. The number of rotatable bonds is 5. The molecule has 1 fully saturated rings. The second-order valence-electron chi connectivity index (χ2n) is 5.26. The summed E-state index contributed by atoms with van der Waals surface area (Å²) in [6.07, 6.45) is 0.905. The Labute approximate surface area is 133 Å². The summed E-state index contributed by atoms with van der Waals surface area (Å²) in [4.78, 5) is 35.2. The minimum atomic E-state index is -0.876. The van der Waals surface area contributed by atoms with Crippen molar-refractivity contribution < 1.29 is 19.1 Å². The van der Waals surface area contributed by atoms with Gasteiger partial charge in [-0.05, 0) is 24.1 Å². The van der Waals surface area contributed by atoms with Crippen LogP contribution >= 0.6 is 0 Å². The molecule has 7 heteroatoms. The van der Waals surface area contributed by atoms with Gasteiger partial charge in [-0.25, -0.2) is 4.79 Å². The number of nitrogens with one attached hydrogen (secondary N) is 2. The van der Waals surface area contributed by atoms with E-state index >= 15 is 0 Å². The van der Waals surface area contributed by atoms with Gasteiger partial charge < -0.3 is 15.4 Å². The number of esters is 1. The van der Waals surface area contributed by atoms with Crippen molar-refractivity contribution in [3.05, 3.63) is 35.4 Å². The lowest BCUT2D eigenvalue weighted by atomic mass is 10.0. The van der Waals surface area contributed by atoms with E-state index in [0.29, 0.717) is 18.4 Å². The van der Waals surface area contributed by atoms with E-state index in [4.69, 9.17) is 10.00 Å². The van der Waals surface area contributed by atoms with Crippen molar-refractivity contribution in [2.45, 2.75) is 31.3 Å². The highest BCUT2D eigenvalue weighted by Crippen LogP contribution is 2.10. The zero-order chi connectivity index (χ0) is 16.8. The number of hydrogen-bond acceptors (Lipinski definition) is 5. The molecule has 1 aromatic rings. The van der Waals surface area contributed by atoms with Gasteiger partial charge in [0.1, 0.15) is 12.1 Å². The van der Waals surface area contributed by atoms with Gasteiger partial charge in [0.15, 0.2) is 0 Å². The van der Waals surface area contributed by atoms with Crippen LogP contribution < -0.4 is 10.6 Å². The fourth-order valence-electron chi connectivity index (χ4n) is 2.42. The molecule has 2 N–H and O–H groups in total. The summed E-state index contributed by atoms with van der Waals surface area (Å²) in [5.74, 6) is -1.17. The van der Waals surface area contributed by atoms with E-state index in [1.54, 1.807) is 24.3 Å². The molecule has 1 aliphatic rings. The fourth-order valence-corrected chi connectivity index (χ4v) is 2.42. The van der Waals surface area contributed by atoms with Crippen LogP contribution in [0.2, 0.25) is 0 Å². The third-order valence-electron chi connectivity index (χ3n) is 3.61. The lowest BCUT2D eigenvalue weighted by Gasteiger charge is -2.19. The van der Waals surface area contributed by atoms with E-state index in [1.165, 1.54) is 7.11 Å². The molecule has 1 aromatic carbocycles. The van der Waals surface area contributed by atoms with Crippen molar-refractivity contribution in [2.75, 3.05) is 7.11 Å². The van der Waals surface area contributed by atoms with E-state index < -0.39 is 24.0 Å². The van der Waals surface area contributed by atoms with Crippen molar-refractivity contribution in [1.82, 2.24) is 10.6 Å². The zero-order valence-electron chi connectivity index (χ0n) is 12.7. The van der Waals surface area contributed by atoms with E-state index in [9.17, 15) is 14.4 Å². The van der Waals surface area contributed by atoms with Crippen molar-refractivity contribution in [1.29, 1.82) is 5.26 Å². The van der Waals surface area contributed by atoms with Crippen LogP contribution in [0, 0.1) is 11.3 Å². The molecule has 1 saturated heterocycles. The van der Waals surface area contributed by atoms with E-state index in [2.05, 4.69) is 10.6 Å². The molecule has 120 valence electrons. The summed E-state index contributed by atoms with van der Waals surface area (Å²) in [6.45, 7) is 0. The monoisotopic (exact) mass is 315 g/mol. The molecule has 1 aliphatic heterocycles. The molecule has 7 nitrogen and oxygen atoms in total. The number of carbonyl (C=O) groups excluding carboxylic acids is 3. The van der Waals surface area contributed by atoms with Crippen LogP contribution in [0.3, 0.4) is 0 Å². The summed E-state index contributed by atoms with van der Waals surface area (Å²) in [5.41, 5.74) is 1.20. The minimum absolute atomic E-state index is 0.179. The van der Waals surface area contributed by atoms with Gasteiger partial charge in [-0.1, -0.05) is 12.1 Å². The largest absolute Gasteiger partial charge is 0.467 e. The third kappa shape index (κ3) is 4.30. The maximum Gasteiger partial charge on any atom is 0.328 e. The van der Waals surface area contributed by atoms with Gasteiger partial charge in [0, 0.05) is 12.8 Å². The lowest BCUT2D eigenvalue weighted by Crippen LogP contribution is -2.50. The first-order valence-electron chi connectivity index (χ1n) is 7.20. The molecule has 2 rings (SSSR count). The molecule has 0 unspecified atom stereocenters. The van der Waals surface area contributed by atoms with Gasteiger partial charge >= 0.3 is 5.97 Å². The summed E-state index contributed by atoms with van der Waals surface area (Å²) in [7, 11) is 1.24. The quantitative estimate of drug-likeness (QED) is 0.746. The molecule has 0 bridgehead atoms. The number of nitriles is 1. The number of ether oxygens (including phenoxy) is 1. The van der Waals surface area contributed by atoms with Gasteiger partial charge in [0.05, 0.1) is 18.7 Å². The molecule has 0 aliphatic carbocycles. The van der Waals surface area contributed by atoms with Crippen LogP contribution in [-0.4, -0.2) is 37.0 Å². The van der Waals surface area contributed by atoms with Crippen LogP contribution in [0.15, 0.2) is 24.3 Å². The molecular formula is C16H17N3O4. The molecule has 0 spiro atoms. The minimum Gasteiger partial charge on any atom is -0.467 e. The highest BCUT2D eigenvalue weighted by molar-refractivity contribution is 5.93. The third-order valence-corrected chi connectivity index (χ3v) is 3.61. The topological polar surface area (TPSA) is 108 Å². The number of hydrogen-bond donors (Lipinski definition) is 2. The predicted molar refractivity (Wildman–Crippen MR) is 80.0 cm³/mol. The average Bonchev–Trinajstić information content (AvgIpc) is 3.00. The molecular weight excluding hydrogens is 298 g/mol. The number of methoxy groups -OCH3 is 1. The first-order valence-corrected chi connectivity index (χ1v) is 7.20. The second kappa shape index (κ2) is 7.40. The van der Waals surface area contributed by atoms with E-state index in [0.717, 1.165) is 5.56 Å². The molecule has 2 atom stereocenters. The molecule has 0 aromatic heterocycles. The molecule has 0 saturated carbocycles. The molecule has 1 heterocycles. The van der Waals surface area contributed by atoms with Crippen molar-refractivity contribution in [2.24, 2.45) is 0 Å². The maximum atomic E-state index is 12.1. The summed E-state index contributed by atoms with van der Waals surface area (Å²) in [5, 5.41) is 14.1. The standard InChI is InChI=1S/C16H17N3O4/c1-23-16(22)13(8-10-3-2-4-11(7-10)9-17)19-15(21)12-5-6-14(20)18-12/h2-4,7,12-13H,5-6,8H2,1H3,(H,18,20)(H,19,21)/t12-,13-/m0/s1. The van der Waals surface area contributed by atoms with Gasteiger partial charge in [-0.2, -0.15) is 5.26 Å². The summed E-state index contributed by atoms with van der Waals surface area (Å²) < 4.78 is 4.72. The molecule has 2 amide bonds. The Hall–Kier alpha value is -2.88. The first kappa shape index (κ1) is 16.5. The zero-order valence-corrected chi connectivity index (χ0v) is 12.7. The van der Waals surface area contributed by atoms with E-state index in [1.807, 2.05) is 6.07 Å². The first-order chi connectivity index (χ1) is 11.0. The Morgan fingerprint density at radius 3 is 2.91 bits per heavy atom. The van der Waals surface area contributed by atoms with Crippen LogP contribution in [0.5, 0.6) is 0 Å². The predicted octanol–water partition coefficient (Wildman–Crippen LogP) is 0.0372. The molecule has 0 radical (unpaired) electrons. The number of carbonyl (C=O) groups is 3.